The molecule has 1 saturated heterocycles. The molecule has 29 heavy (non-hydrogen) atoms. The van der Waals surface area contributed by atoms with Gasteiger partial charge in [0.25, 0.3) is 0 Å². The average Bonchev–Trinajstić information content (AvgIpc) is 3.21. The normalized spacial score (nSPS) is 16.3. The zero-order valence-corrected chi connectivity index (χ0v) is 16.7. The summed E-state index contributed by atoms with van der Waals surface area (Å²) in [4.78, 5) is 26.9. The molecule has 1 atom stereocenters. The lowest BCUT2D eigenvalue weighted by Gasteiger charge is -2.23. The minimum atomic E-state index is -0.368. The van der Waals surface area contributed by atoms with Crippen molar-refractivity contribution in [1.29, 1.82) is 0 Å². The fourth-order valence-electron chi connectivity index (χ4n) is 3.40. The molecule has 1 amide bonds. The Labute approximate surface area is 170 Å². The number of amides is 1. The smallest absolute Gasteiger partial charge is 0.320 e. The third kappa shape index (κ3) is 5.48. The minimum absolute atomic E-state index is 0.0941. The molecule has 1 N–H and O–H groups in total. The van der Waals surface area contributed by atoms with Crippen molar-refractivity contribution >= 4 is 17.6 Å². The number of anilines is 1. The predicted molar refractivity (Wildman–Crippen MR) is 109 cm³/mol. The highest BCUT2D eigenvalue weighted by molar-refractivity contribution is 5.95. The molecule has 2 aromatic carbocycles. The second-order valence-corrected chi connectivity index (χ2v) is 6.83. The topological polar surface area (TPSA) is 77.1 Å². The van der Waals surface area contributed by atoms with E-state index in [1.807, 2.05) is 35.2 Å². The zero-order valence-electron chi connectivity index (χ0n) is 16.7. The quantitative estimate of drug-likeness (QED) is 0.689. The highest BCUT2D eigenvalue weighted by atomic mass is 16.5. The Balaban J connectivity index is 1.55. The minimum Gasteiger partial charge on any atom is -0.493 e. The van der Waals surface area contributed by atoms with E-state index >= 15 is 0 Å². The van der Waals surface area contributed by atoms with Crippen molar-refractivity contribution in [2.24, 2.45) is 0 Å². The van der Waals surface area contributed by atoms with E-state index < -0.39 is 0 Å². The van der Waals surface area contributed by atoms with Gasteiger partial charge in [0, 0.05) is 11.8 Å². The fourth-order valence-corrected chi connectivity index (χ4v) is 3.40. The standard InChI is InChI=1S/C22H26N2O5/c1-27-19-11-10-17(13-20(19)28-2)23-22(26)18-9-6-12-24(18)14-21(25)29-15-16-7-4-3-5-8-16/h3-5,7-8,10-11,13,18H,6,9,12,14-15H2,1-2H3,(H,23,26). The Kier molecular flexibility index (Phi) is 7.08. The first-order valence-electron chi connectivity index (χ1n) is 9.57. The van der Waals surface area contributed by atoms with Crippen LogP contribution in [0.1, 0.15) is 18.4 Å². The molecule has 0 radical (unpaired) electrons. The third-order valence-corrected chi connectivity index (χ3v) is 4.89. The van der Waals surface area contributed by atoms with Crippen LogP contribution < -0.4 is 14.8 Å². The van der Waals surface area contributed by atoms with E-state index in [0.29, 0.717) is 30.2 Å². The largest absolute Gasteiger partial charge is 0.493 e. The van der Waals surface area contributed by atoms with E-state index in [9.17, 15) is 9.59 Å². The maximum absolute atomic E-state index is 12.8. The van der Waals surface area contributed by atoms with E-state index in [1.54, 1.807) is 32.4 Å². The Morgan fingerprint density at radius 3 is 2.55 bits per heavy atom. The van der Waals surface area contributed by atoms with Crippen LogP contribution >= 0.6 is 0 Å². The lowest BCUT2D eigenvalue weighted by atomic mass is 10.2. The van der Waals surface area contributed by atoms with Gasteiger partial charge in [-0.3, -0.25) is 14.5 Å². The van der Waals surface area contributed by atoms with Crippen LogP contribution in [0.2, 0.25) is 0 Å². The van der Waals surface area contributed by atoms with E-state index in [0.717, 1.165) is 12.0 Å². The molecule has 1 aliphatic heterocycles. The number of rotatable bonds is 8. The van der Waals surface area contributed by atoms with E-state index in [1.165, 1.54) is 0 Å². The van der Waals surface area contributed by atoms with Crippen LogP contribution in [0.15, 0.2) is 48.5 Å². The highest BCUT2D eigenvalue weighted by Gasteiger charge is 2.32. The third-order valence-electron chi connectivity index (χ3n) is 4.89. The molecular weight excluding hydrogens is 372 g/mol. The first-order chi connectivity index (χ1) is 14.1. The molecule has 1 aliphatic rings. The van der Waals surface area contributed by atoms with E-state index in [-0.39, 0.29) is 31.1 Å². The fraction of sp³-hybridized carbons (Fsp3) is 0.364. The number of benzene rings is 2. The van der Waals surface area contributed by atoms with Crippen LogP contribution in [0.25, 0.3) is 0 Å². The van der Waals surface area contributed by atoms with Gasteiger partial charge < -0.3 is 19.5 Å². The second-order valence-electron chi connectivity index (χ2n) is 6.83. The van der Waals surface area contributed by atoms with Crippen LogP contribution in [0.3, 0.4) is 0 Å². The summed E-state index contributed by atoms with van der Waals surface area (Å²) >= 11 is 0. The average molecular weight is 398 g/mol. The van der Waals surface area contributed by atoms with E-state index in [4.69, 9.17) is 14.2 Å². The number of hydrogen-bond donors (Lipinski definition) is 1. The molecule has 0 aromatic heterocycles. The predicted octanol–water partition coefficient (Wildman–Crippen LogP) is 2.85. The van der Waals surface area contributed by atoms with Crippen LogP contribution in [-0.2, 0) is 20.9 Å². The van der Waals surface area contributed by atoms with Gasteiger partial charge in [0.15, 0.2) is 11.5 Å². The lowest BCUT2D eigenvalue weighted by molar-refractivity contribution is -0.146. The number of nitrogens with one attached hydrogen (secondary N) is 1. The number of carbonyl (C=O) groups is 2. The number of nitrogens with zero attached hydrogens (tertiary/aromatic N) is 1. The van der Waals surface area contributed by atoms with Crippen LogP contribution in [-0.4, -0.2) is 50.1 Å². The molecule has 0 spiro atoms. The van der Waals surface area contributed by atoms with Crippen molar-refractivity contribution < 1.29 is 23.8 Å². The first-order valence-corrected chi connectivity index (χ1v) is 9.57. The summed E-state index contributed by atoms with van der Waals surface area (Å²) in [6.45, 7) is 1.01. The molecule has 2 aromatic rings. The summed E-state index contributed by atoms with van der Waals surface area (Å²) in [7, 11) is 3.10. The van der Waals surface area contributed by atoms with Crippen LogP contribution in [0.4, 0.5) is 5.69 Å². The van der Waals surface area contributed by atoms with Gasteiger partial charge in [0.05, 0.1) is 26.8 Å². The molecular formula is C22H26N2O5. The second kappa shape index (κ2) is 9.93. The van der Waals surface area contributed by atoms with Gasteiger partial charge in [-0.25, -0.2) is 0 Å². The highest BCUT2D eigenvalue weighted by Crippen LogP contribution is 2.30. The SMILES string of the molecule is COc1ccc(NC(=O)C2CCCN2CC(=O)OCc2ccccc2)cc1OC. The number of esters is 1. The zero-order chi connectivity index (χ0) is 20.6. The molecule has 1 fully saturated rings. The van der Waals surface area contributed by atoms with Crippen molar-refractivity contribution in [3.8, 4) is 11.5 Å². The van der Waals surface area contributed by atoms with Crippen molar-refractivity contribution in [3.05, 3.63) is 54.1 Å². The summed E-state index contributed by atoms with van der Waals surface area (Å²) in [5.41, 5.74) is 1.55. The molecule has 0 saturated carbocycles. The maximum Gasteiger partial charge on any atom is 0.320 e. The van der Waals surface area contributed by atoms with Crippen molar-refractivity contribution in [3.63, 3.8) is 0 Å². The number of carbonyl (C=O) groups excluding carboxylic acids is 2. The number of methoxy groups -OCH3 is 2. The van der Waals surface area contributed by atoms with Gasteiger partial charge in [-0.05, 0) is 37.1 Å². The van der Waals surface area contributed by atoms with Crippen LogP contribution in [0, 0.1) is 0 Å². The Morgan fingerprint density at radius 2 is 1.83 bits per heavy atom. The van der Waals surface area contributed by atoms with Crippen molar-refractivity contribution in [2.75, 3.05) is 32.6 Å². The summed E-state index contributed by atoms with van der Waals surface area (Å²) < 4.78 is 15.8. The Morgan fingerprint density at radius 1 is 1.07 bits per heavy atom. The van der Waals surface area contributed by atoms with Gasteiger partial charge in [-0.1, -0.05) is 30.3 Å². The van der Waals surface area contributed by atoms with E-state index in [2.05, 4.69) is 5.32 Å². The molecule has 154 valence electrons. The Bertz CT molecular complexity index is 840. The van der Waals surface area contributed by atoms with Gasteiger partial charge >= 0.3 is 5.97 Å². The summed E-state index contributed by atoms with van der Waals surface area (Å²) in [6, 6.07) is 14.4. The van der Waals surface area contributed by atoms with Gasteiger partial charge in [-0.15, -0.1) is 0 Å². The molecule has 1 unspecified atom stereocenters. The molecule has 7 heteroatoms. The monoisotopic (exact) mass is 398 g/mol. The van der Waals surface area contributed by atoms with Crippen molar-refractivity contribution in [1.82, 2.24) is 4.90 Å². The maximum atomic E-state index is 12.8. The first kappa shape index (κ1) is 20.7. The molecule has 3 rings (SSSR count). The summed E-state index contributed by atoms with van der Waals surface area (Å²) in [6.07, 6.45) is 1.56. The van der Waals surface area contributed by atoms with Gasteiger partial charge in [0.1, 0.15) is 6.61 Å². The van der Waals surface area contributed by atoms with Gasteiger partial charge in [0.2, 0.25) is 5.91 Å². The molecule has 7 nitrogen and oxygen atoms in total. The molecule has 0 aliphatic carbocycles. The van der Waals surface area contributed by atoms with Crippen LogP contribution in [0.5, 0.6) is 11.5 Å². The summed E-state index contributed by atoms with van der Waals surface area (Å²) in [5.74, 6) is 0.650. The number of hydrogen-bond acceptors (Lipinski definition) is 6. The lowest BCUT2D eigenvalue weighted by Crippen LogP contribution is -2.42. The summed E-state index contributed by atoms with van der Waals surface area (Å²) in [5, 5.41) is 2.90. The molecule has 0 bridgehead atoms. The molecule has 1 heterocycles. The number of ether oxygens (including phenoxy) is 3. The van der Waals surface area contributed by atoms with Gasteiger partial charge in [-0.2, -0.15) is 0 Å². The number of likely N-dealkylation sites (tertiary alicyclic amines) is 1. The Hall–Kier alpha value is -3.06. The van der Waals surface area contributed by atoms with Crippen molar-refractivity contribution in [2.45, 2.75) is 25.5 Å².